The lowest BCUT2D eigenvalue weighted by Gasteiger charge is -2.30. The third-order valence-corrected chi connectivity index (χ3v) is 3.98. The van der Waals surface area contributed by atoms with E-state index in [9.17, 15) is 4.39 Å². The molecule has 1 nitrogen and oxygen atoms in total. The van der Waals surface area contributed by atoms with Crippen LogP contribution in [-0.4, -0.2) is 6.54 Å². The topological polar surface area (TPSA) is 12.0 Å². The minimum atomic E-state index is -0.0707. The normalized spacial score (nSPS) is 14.7. The van der Waals surface area contributed by atoms with Crippen LogP contribution >= 0.6 is 0 Å². The van der Waals surface area contributed by atoms with Crippen LogP contribution < -0.4 is 5.32 Å². The van der Waals surface area contributed by atoms with Crippen LogP contribution in [0, 0.1) is 31.5 Å². The molecule has 0 bridgehead atoms. The highest BCUT2D eigenvalue weighted by atomic mass is 19.1. The van der Waals surface area contributed by atoms with Crippen molar-refractivity contribution in [1.82, 2.24) is 5.32 Å². The SMILES string of the molecule is CCCNC(c1c(C)cc(C)cc1F)C(C)C(C)C. The van der Waals surface area contributed by atoms with E-state index in [2.05, 4.69) is 39.1 Å². The van der Waals surface area contributed by atoms with E-state index in [0.717, 1.165) is 29.7 Å². The molecule has 19 heavy (non-hydrogen) atoms. The van der Waals surface area contributed by atoms with E-state index in [1.807, 2.05) is 13.8 Å². The van der Waals surface area contributed by atoms with Gasteiger partial charge in [-0.05, 0) is 55.8 Å². The third kappa shape index (κ3) is 4.04. The van der Waals surface area contributed by atoms with Crippen LogP contribution in [0.4, 0.5) is 4.39 Å². The lowest BCUT2D eigenvalue weighted by atomic mass is 9.83. The molecule has 0 radical (unpaired) electrons. The smallest absolute Gasteiger partial charge is 0.128 e. The zero-order valence-electron chi connectivity index (χ0n) is 13.2. The molecule has 1 N–H and O–H groups in total. The molecule has 0 amide bonds. The molecule has 1 aromatic carbocycles. The summed E-state index contributed by atoms with van der Waals surface area (Å²) in [6.07, 6.45) is 1.06. The van der Waals surface area contributed by atoms with Gasteiger partial charge in [0.1, 0.15) is 5.82 Å². The fraction of sp³-hybridized carbons (Fsp3) is 0.647. The number of aryl methyl sites for hydroxylation is 2. The number of rotatable bonds is 6. The Balaban J connectivity index is 3.16. The van der Waals surface area contributed by atoms with E-state index < -0.39 is 0 Å². The van der Waals surface area contributed by atoms with Crippen molar-refractivity contribution in [1.29, 1.82) is 0 Å². The van der Waals surface area contributed by atoms with E-state index in [4.69, 9.17) is 0 Å². The second kappa shape index (κ2) is 7.04. The van der Waals surface area contributed by atoms with Gasteiger partial charge >= 0.3 is 0 Å². The third-order valence-electron chi connectivity index (χ3n) is 3.98. The Kier molecular flexibility index (Phi) is 5.99. The second-order valence-corrected chi connectivity index (χ2v) is 6.01. The molecule has 2 atom stereocenters. The minimum absolute atomic E-state index is 0.0707. The maximum atomic E-state index is 14.4. The summed E-state index contributed by atoms with van der Waals surface area (Å²) in [5.41, 5.74) is 2.89. The van der Waals surface area contributed by atoms with Crippen molar-refractivity contribution in [2.75, 3.05) is 6.54 Å². The van der Waals surface area contributed by atoms with Crippen molar-refractivity contribution in [2.24, 2.45) is 11.8 Å². The predicted molar refractivity (Wildman–Crippen MR) is 80.9 cm³/mol. The summed E-state index contributed by atoms with van der Waals surface area (Å²) >= 11 is 0. The molecule has 108 valence electrons. The molecule has 2 heteroatoms. The van der Waals surface area contributed by atoms with Crippen molar-refractivity contribution in [2.45, 2.75) is 54.0 Å². The highest BCUT2D eigenvalue weighted by molar-refractivity contribution is 5.34. The van der Waals surface area contributed by atoms with Gasteiger partial charge in [0.05, 0.1) is 0 Å². The van der Waals surface area contributed by atoms with Gasteiger partial charge in [0.2, 0.25) is 0 Å². The average molecular weight is 265 g/mol. The second-order valence-electron chi connectivity index (χ2n) is 6.01. The first-order chi connectivity index (χ1) is 8.88. The molecule has 0 aliphatic heterocycles. The fourth-order valence-electron chi connectivity index (χ4n) is 2.56. The van der Waals surface area contributed by atoms with Gasteiger partial charge in [0.15, 0.2) is 0 Å². The van der Waals surface area contributed by atoms with Gasteiger partial charge in [-0.25, -0.2) is 4.39 Å². The molecule has 0 aliphatic rings. The number of hydrogen-bond acceptors (Lipinski definition) is 1. The Morgan fingerprint density at radius 2 is 1.79 bits per heavy atom. The van der Waals surface area contributed by atoms with E-state index >= 15 is 0 Å². The quantitative estimate of drug-likeness (QED) is 0.781. The summed E-state index contributed by atoms with van der Waals surface area (Å²) in [4.78, 5) is 0. The first kappa shape index (κ1) is 16.2. The Hall–Kier alpha value is -0.890. The number of nitrogens with one attached hydrogen (secondary N) is 1. The van der Waals surface area contributed by atoms with Crippen LogP contribution in [0.5, 0.6) is 0 Å². The highest BCUT2D eigenvalue weighted by Gasteiger charge is 2.25. The van der Waals surface area contributed by atoms with Crippen LogP contribution in [-0.2, 0) is 0 Å². The summed E-state index contributed by atoms with van der Waals surface area (Å²) in [5, 5.41) is 3.53. The van der Waals surface area contributed by atoms with Crippen molar-refractivity contribution < 1.29 is 4.39 Å². The molecular formula is C17H28FN. The Morgan fingerprint density at radius 1 is 1.16 bits per heavy atom. The van der Waals surface area contributed by atoms with Crippen LogP contribution in [0.3, 0.4) is 0 Å². The van der Waals surface area contributed by atoms with Crippen LogP contribution in [0.25, 0.3) is 0 Å². The van der Waals surface area contributed by atoms with E-state index in [1.54, 1.807) is 6.07 Å². The molecule has 2 unspecified atom stereocenters. The summed E-state index contributed by atoms with van der Waals surface area (Å²) in [6, 6.07) is 3.82. The minimum Gasteiger partial charge on any atom is -0.310 e. The molecule has 1 aromatic rings. The van der Waals surface area contributed by atoms with Gasteiger partial charge in [-0.15, -0.1) is 0 Å². The molecule has 0 aliphatic carbocycles. The molecule has 1 rings (SSSR count). The van der Waals surface area contributed by atoms with Gasteiger partial charge in [0.25, 0.3) is 0 Å². The number of halogens is 1. The number of benzene rings is 1. The van der Waals surface area contributed by atoms with Gasteiger partial charge in [-0.1, -0.05) is 33.8 Å². The average Bonchev–Trinajstić information content (AvgIpc) is 2.31. The van der Waals surface area contributed by atoms with Crippen molar-refractivity contribution in [3.63, 3.8) is 0 Å². The first-order valence-electron chi connectivity index (χ1n) is 7.38. The largest absolute Gasteiger partial charge is 0.310 e. The highest BCUT2D eigenvalue weighted by Crippen LogP contribution is 2.32. The summed E-state index contributed by atoms with van der Waals surface area (Å²) in [6.45, 7) is 13.6. The zero-order valence-corrected chi connectivity index (χ0v) is 13.2. The molecule has 0 heterocycles. The lowest BCUT2D eigenvalue weighted by Crippen LogP contribution is -2.31. The maximum Gasteiger partial charge on any atom is 0.128 e. The number of hydrogen-bond donors (Lipinski definition) is 1. The Bertz CT molecular complexity index is 389. The summed E-state index contributed by atoms with van der Waals surface area (Å²) < 4.78 is 14.4. The molecule has 0 saturated carbocycles. The van der Waals surface area contributed by atoms with E-state index in [1.165, 1.54) is 0 Å². The van der Waals surface area contributed by atoms with Gasteiger partial charge in [0, 0.05) is 11.6 Å². The molecular weight excluding hydrogens is 237 g/mol. The standard InChI is InChI=1S/C17H28FN/c1-7-8-19-17(14(6)11(2)3)16-13(5)9-12(4)10-15(16)18/h9-11,14,17,19H,7-8H2,1-6H3. The maximum absolute atomic E-state index is 14.4. The van der Waals surface area contributed by atoms with E-state index in [-0.39, 0.29) is 11.9 Å². The Labute approximate surface area is 117 Å². The van der Waals surface area contributed by atoms with Gasteiger partial charge in [-0.2, -0.15) is 0 Å². The van der Waals surface area contributed by atoms with Crippen LogP contribution in [0.15, 0.2) is 12.1 Å². The van der Waals surface area contributed by atoms with Crippen molar-refractivity contribution in [3.05, 3.63) is 34.6 Å². The van der Waals surface area contributed by atoms with Crippen molar-refractivity contribution in [3.8, 4) is 0 Å². The van der Waals surface area contributed by atoms with Crippen LogP contribution in [0.2, 0.25) is 0 Å². The molecule has 0 saturated heterocycles. The molecule has 0 spiro atoms. The zero-order chi connectivity index (χ0) is 14.6. The summed E-state index contributed by atoms with van der Waals surface area (Å²) in [5.74, 6) is 0.857. The molecule has 0 fully saturated rings. The summed E-state index contributed by atoms with van der Waals surface area (Å²) in [7, 11) is 0. The fourth-order valence-corrected chi connectivity index (χ4v) is 2.56. The predicted octanol–water partition coefficient (Wildman–Crippen LogP) is 4.78. The Morgan fingerprint density at radius 3 is 2.26 bits per heavy atom. The first-order valence-corrected chi connectivity index (χ1v) is 7.38. The van der Waals surface area contributed by atoms with Gasteiger partial charge in [-0.3, -0.25) is 0 Å². The van der Waals surface area contributed by atoms with Crippen LogP contribution in [0.1, 0.15) is 56.8 Å². The monoisotopic (exact) mass is 265 g/mol. The van der Waals surface area contributed by atoms with Gasteiger partial charge < -0.3 is 5.32 Å². The molecule has 0 aromatic heterocycles. The van der Waals surface area contributed by atoms with Crippen molar-refractivity contribution >= 4 is 0 Å². The van der Waals surface area contributed by atoms with E-state index in [0.29, 0.717) is 11.8 Å². The lowest BCUT2D eigenvalue weighted by molar-refractivity contribution is 0.296.